The van der Waals surface area contributed by atoms with Crippen molar-refractivity contribution in [2.24, 2.45) is 7.05 Å². The highest BCUT2D eigenvalue weighted by molar-refractivity contribution is 6.28. The van der Waals surface area contributed by atoms with Gasteiger partial charge < -0.3 is 0 Å². The quantitative estimate of drug-likeness (QED) is 0.649. The van der Waals surface area contributed by atoms with Crippen molar-refractivity contribution in [2.45, 2.75) is 0 Å². The average molecular weight is 308 g/mol. The van der Waals surface area contributed by atoms with Crippen LogP contribution in [0.1, 0.15) is 0 Å². The van der Waals surface area contributed by atoms with Crippen LogP contribution < -0.4 is 5.56 Å². The highest BCUT2D eigenvalue weighted by Gasteiger charge is 2.12. The van der Waals surface area contributed by atoms with Crippen molar-refractivity contribution >= 4 is 22.6 Å². The standard InChI is InChI=1S/C14H8ClF2N3O/c1-20-12-8(6-18-14(15)19-12)4-11(13(20)21)7-2-9(16)5-10(17)3-7/h2-6H,1H3. The van der Waals surface area contributed by atoms with E-state index in [0.717, 1.165) is 18.2 Å². The number of rotatable bonds is 1. The lowest BCUT2D eigenvalue weighted by Gasteiger charge is -2.08. The lowest BCUT2D eigenvalue weighted by atomic mass is 10.1. The SMILES string of the molecule is Cn1c(=O)c(-c2cc(F)cc(F)c2)cc2cnc(Cl)nc21. The monoisotopic (exact) mass is 307 g/mol. The van der Waals surface area contributed by atoms with Gasteiger partial charge in [0.25, 0.3) is 5.56 Å². The summed E-state index contributed by atoms with van der Waals surface area (Å²) in [4.78, 5) is 20.1. The van der Waals surface area contributed by atoms with Gasteiger partial charge in [0.15, 0.2) is 0 Å². The molecule has 21 heavy (non-hydrogen) atoms. The second kappa shape index (κ2) is 4.89. The number of hydrogen-bond donors (Lipinski definition) is 0. The van der Waals surface area contributed by atoms with E-state index >= 15 is 0 Å². The van der Waals surface area contributed by atoms with Crippen molar-refractivity contribution in [3.63, 3.8) is 0 Å². The molecule has 0 bridgehead atoms. The lowest BCUT2D eigenvalue weighted by molar-refractivity contribution is 0.584. The fourth-order valence-electron chi connectivity index (χ4n) is 2.14. The van der Waals surface area contributed by atoms with Crippen LogP contribution >= 0.6 is 11.6 Å². The molecule has 2 heterocycles. The Kier molecular flexibility index (Phi) is 3.17. The molecule has 0 atom stereocenters. The van der Waals surface area contributed by atoms with E-state index in [1.807, 2.05) is 0 Å². The molecule has 1 aromatic carbocycles. The molecule has 0 saturated carbocycles. The van der Waals surface area contributed by atoms with Crippen LogP contribution in [0.3, 0.4) is 0 Å². The molecule has 3 rings (SSSR count). The van der Waals surface area contributed by atoms with E-state index in [4.69, 9.17) is 11.6 Å². The molecule has 106 valence electrons. The summed E-state index contributed by atoms with van der Waals surface area (Å²) in [5.74, 6) is -1.50. The van der Waals surface area contributed by atoms with Crippen LogP contribution in [0.2, 0.25) is 5.28 Å². The van der Waals surface area contributed by atoms with Crippen LogP contribution in [0.15, 0.2) is 35.3 Å². The third kappa shape index (κ3) is 2.38. The van der Waals surface area contributed by atoms with Crippen LogP contribution in [0.4, 0.5) is 8.78 Å². The van der Waals surface area contributed by atoms with Gasteiger partial charge in [0.1, 0.15) is 17.3 Å². The molecule has 2 aromatic heterocycles. The second-order valence-electron chi connectivity index (χ2n) is 4.50. The maximum Gasteiger partial charge on any atom is 0.259 e. The Morgan fingerprint density at radius 3 is 2.48 bits per heavy atom. The van der Waals surface area contributed by atoms with E-state index in [-0.39, 0.29) is 16.4 Å². The predicted octanol–water partition coefficient (Wildman–Crippen LogP) is 2.93. The van der Waals surface area contributed by atoms with Gasteiger partial charge >= 0.3 is 0 Å². The summed E-state index contributed by atoms with van der Waals surface area (Å²) in [6, 6.07) is 4.44. The zero-order valence-electron chi connectivity index (χ0n) is 10.8. The Morgan fingerprint density at radius 1 is 1.14 bits per heavy atom. The summed E-state index contributed by atoms with van der Waals surface area (Å²) in [5, 5.41) is 0.559. The molecule has 0 aliphatic rings. The summed E-state index contributed by atoms with van der Waals surface area (Å²) in [7, 11) is 1.51. The van der Waals surface area contributed by atoms with Gasteiger partial charge in [-0.05, 0) is 35.4 Å². The minimum absolute atomic E-state index is 0.0158. The maximum absolute atomic E-state index is 13.3. The van der Waals surface area contributed by atoms with Gasteiger partial charge in [-0.2, -0.15) is 4.98 Å². The van der Waals surface area contributed by atoms with Crippen molar-refractivity contribution in [3.8, 4) is 11.1 Å². The van der Waals surface area contributed by atoms with Crippen molar-refractivity contribution in [1.29, 1.82) is 0 Å². The minimum atomic E-state index is -0.750. The normalized spacial score (nSPS) is 11.0. The molecule has 7 heteroatoms. The van der Waals surface area contributed by atoms with Crippen LogP contribution in [0, 0.1) is 11.6 Å². The summed E-state index contributed by atoms with van der Waals surface area (Å²) in [5.41, 5.74) is 0.238. The highest BCUT2D eigenvalue weighted by Crippen LogP contribution is 2.22. The molecular formula is C14H8ClF2N3O. The highest BCUT2D eigenvalue weighted by atomic mass is 35.5. The van der Waals surface area contributed by atoms with Gasteiger partial charge in [0.2, 0.25) is 5.28 Å². The minimum Gasteiger partial charge on any atom is -0.295 e. The van der Waals surface area contributed by atoms with Crippen molar-refractivity contribution in [3.05, 3.63) is 57.7 Å². The van der Waals surface area contributed by atoms with E-state index < -0.39 is 17.2 Å². The molecule has 0 aliphatic carbocycles. The van der Waals surface area contributed by atoms with E-state index in [1.54, 1.807) is 0 Å². The zero-order valence-corrected chi connectivity index (χ0v) is 11.5. The Morgan fingerprint density at radius 2 is 1.81 bits per heavy atom. The fourth-order valence-corrected chi connectivity index (χ4v) is 2.27. The number of nitrogens with zero attached hydrogens (tertiary/aromatic N) is 3. The molecule has 4 nitrogen and oxygen atoms in total. The molecule has 3 aromatic rings. The maximum atomic E-state index is 13.3. The summed E-state index contributed by atoms with van der Waals surface area (Å²) in [6.07, 6.45) is 1.45. The largest absolute Gasteiger partial charge is 0.295 e. The Balaban J connectivity index is 2.36. The van der Waals surface area contributed by atoms with Gasteiger partial charge in [-0.15, -0.1) is 0 Å². The smallest absolute Gasteiger partial charge is 0.259 e. The first-order valence-electron chi connectivity index (χ1n) is 5.94. The van der Waals surface area contributed by atoms with Gasteiger partial charge in [-0.25, -0.2) is 13.8 Å². The second-order valence-corrected chi connectivity index (χ2v) is 4.84. The number of pyridine rings is 1. The number of halogens is 3. The first-order valence-corrected chi connectivity index (χ1v) is 6.32. The van der Waals surface area contributed by atoms with Crippen molar-refractivity contribution in [2.75, 3.05) is 0 Å². The molecule has 0 saturated heterocycles. The lowest BCUT2D eigenvalue weighted by Crippen LogP contribution is -2.20. The molecule has 0 spiro atoms. The van der Waals surface area contributed by atoms with Crippen LogP contribution in [-0.4, -0.2) is 14.5 Å². The van der Waals surface area contributed by atoms with Crippen molar-refractivity contribution in [1.82, 2.24) is 14.5 Å². The predicted molar refractivity (Wildman–Crippen MR) is 75.1 cm³/mol. The Labute approximate surface area is 122 Å². The van der Waals surface area contributed by atoms with Crippen LogP contribution in [-0.2, 0) is 7.05 Å². The number of aromatic nitrogens is 3. The topological polar surface area (TPSA) is 47.8 Å². The van der Waals surface area contributed by atoms with Gasteiger partial charge in [-0.3, -0.25) is 9.36 Å². The molecule has 0 fully saturated rings. The number of benzene rings is 1. The third-order valence-electron chi connectivity index (χ3n) is 3.09. The Hall–Kier alpha value is -2.34. The molecule has 0 amide bonds. The number of fused-ring (bicyclic) bond motifs is 1. The zero-order chi connectivity index (χ0) is 15.1. The van der Waals surface area contributed by atoms with Gasteiger partial charge in [-0.1, -0.05) is 0 Å². The van der Waals surface area contributed by atoms with Crippen LogP contribution in [0.5, 0.6) is 0 Å². The summed E-state index contributed by atoms with van der Waals surface area (Å²) in [6.45, 7) is 0. The molecule has 0 radical (unpaired) electrons. The van der Waals surface area contributed by atoms with E-state index in [0.29, 0.717) is 11.0 Å². The molecule has 0 N–H and O–H groups in total. The Bertz CT molecular complexity index is 904. The van der Waals surface area contributed by atoms with Gasteiger partial charge in [0.05, 0.1) is 0 Å². The fraction of sp³-hybridized carbons (Fsp3) is 0.0714. The first-order chi connectivity index (χ1) is 9.95. The summed E-state index contributed by atoms with van der Waals surface area (Å²) >= 11 is 5.70. The number of hydrogen-bond acceptors (Lipinski definition) is 3. The van der Waals surface area contributed by atoms with Gasteiger partial charge in [0, 0.05) is 30.3 Å². The molecule has 0 unspecified atom stereocenters. The first kappa shape index (κ1) is 13.6. The molecular weight excluding hydrogens is 300 g/mol. The number of aryl methyl sites for hydroxylation is 1. The third-order valence-corrected chi connectivity index (χ3v) is 3.27. The molecule has 0 aliphatic heterocycles. The van der Waals surface area contributed by atoms with E-state index in [1.165, 1.54) is 23.9 Å². The van der Waals surface area contributed by atoms with E-state index in [2.05, 4.69) is 9.97 Å². The summed E-state index contributed by atoms with van der Waals surface area (Å²) < 4.78 is 27.9. The van der Waals surface area contributed by atoms with E-state index in [9.17, 15) is 13.6 Å². The van der Waals surface area contributed by atoms with Crippen LogP contribution in [0.25, 0.3) is 22.2 Å². The van der Waals surface area contributed by atoms with Crippen molar-refractivity contribution < 1.29 is 8.78 Å². The average Bonchev–Trinajstić information content (AvgIpc) is 2.42.